The molecule has 0 bridgehead atoms. The molecule has 0 amide bonds. The van der Waals surface area contributed by atoms with Crippen LogP contribution in [-0.2, 0) is 10.0 Å². The van der Waals surface area contributed by atoms with Gasteiger partial charge >= 0.3 is 0 Å². The Labute approximate surface area is 108 Å². The summed E-state index contributed by atoms with van der Waals surface area (Å²) in [7, 11) is -3.55. The molecular weight excluding hydrogens is 250 g/mol. The number of phenolic OH excluding ortho intramolecular Hbond substituents is 1. The summed E-state index contributed by atoms with van der Waals surface area (Å²) in [5, 5.41) is 9.70. The van der Waals surface area contributed by atoms with E-state index in [0.29, 0.717) is 13.1 Å². The summed E-state index contributed by atoms with van der Waals surface area (Å²) in [6, 6.07) is 6.14. The Morgan fingerprint density at radius 2 is 1.50 bits per heavy atom. The molecule has 1 aliphatic rings. The molecule has 18 heavy (non-hydrogen) atoms. The second-order valence-corrected chi connectivity index (χ2v) is 6.55. The molecule has 1 N–H and O–H groups in total. The Hall–Kier alpha value is -1.07. The molecular formula is C13H19NO3S. The highest BCUT2D eigenvalue weighted by atomic mass is 32.2. The van der Waals surface area contributed by atoms with Crippen LogP contribution < -0.4 is 0 Å². The van der Waals surface area contributed by atoms with Crippen LogP contribution in [0.4, 0.5) is 0 Å². The first-order chi connectivity index (χ1) is 8.62. The van der Waals surface area contributed by atoms with Gasteiger partial charge < -0.3 is 5.11 Å². The SMILES string of the molecule is O=S(=O)(c1ccccc1O)N1CCCCCCC1. The largest absolute Gasteiger partial charge is 0.507 e. The molecule has 0 aliphatic carbocycles. The van der Waals surface area contributed by atoms with Crippen molar-refractivity contribution in [3.8, 4) is 5.75 Å². The highest BCUT2D eigenvalue weighted by Crippen LogP contribution is 2.26. The molecule has 1 fully saturated rings. The molecule has 0 spiro atoms. The van der Waals surface area contributed by atoms with Crippen molar-refractivity contribution in [3.63, 3.8) is 0 Å². The van der Waals surface area contributed by atoms with Crippen LogP contribution in [0.5, 0.6) is 5.75 Å². The highest BCUT2D eigenvalue weighted by Gasteiger charge is 2.26. The van der Waals surface area contributed by atoms with E-state index in [-0.39, 0.29) is 10.6 Å². The molecule has 0 aromatic heterocycles. The number of hydrogen-bond donors (Lipinski definition) is 1. The number of benzene rings is 1. The van der Waals surface area contributed by atoms with Gasteiger partial charge in [0.15, 0.2) is 0 Å². The third kappa shape index (κ3) is 2.84. The van der Waals surface area contributed by atoms with Gasteiger partial charge in [0.25, 0.3) is 0 Å². The van der Waals surface area contributed by atoms with E-state index in [9.17, 15) is 13.5 Å². The Morgan fingerprint density at radius 3 is 2.11 bits per heavy atom. The van der Waals surface area contributed by atoms with Gasteiger partial charge in [0.05, 0.1) is 0 Å². The fourth-order valence-corrected chi connectivity index (χ4v) is 3.87. The molecule has 5 heteroatoms. The van der Waals surface area contributed by atoms with Crippen LogP contribution in [-0.4, -0.2) is 30.9 Å². The summed E-state index contributed by atoms with van der Waals surface area (Å²) in [5.74, 6) is -0.167. The van der Waals surface area contributed by atoms with Gasteiger partial charge in [-0.25, -0.2) is 8.42 Å². The maximum atomic E-state index is 12.4. The van der Waals surface area contributed by atoms with E-state index in [1.165, 1.54) is 22.9 Å². The van der Waals surface area contributed by atoms with Crippen molar-refractivity contribution in [2.24, 2.45) is 0 Å². The van der Waals surface area contributed by atoms with Gasteiger partial charge in [0.2, 0.25) is 10.0 Å². The molecule has 1 heterocycles. The fourth-order valence-electron chi connectivity index (χ4n) is 2.27. The van der Waals surface area contributed by atoms with Crippen LogP contribution in [0.2, 0.25) is 0 Å². The first-order valence-corrected chi connectivity index (χ1v) is 7.84. The molecule has 100 valence electrons. The Bertz CT molecular complexity index is 491. The Balaban J connectivity index is 2.26. The number of rotatable bonds is 2. The van der Waals surface area contributed by atoms with Crippen LogP contribution in [0.1, 0.15) is 32.1 Å². The minimum Gasteiger partial charge on any atom is -0.507 e. The van der Waals surface area contributed by atoms with Crippen molar-refractivity contribution in [2.75, 3.05) is 13.1 Å². The summed E-state index contributed by atoms with van der Waals surface area (Å²) in [6.07, 6.45) is 5.13. The van der Waals surface area contributed by atoms with E-state index >= 15 is 0 Å². The van der Waals surface area contributed by atoms with Crippen LogP contribution in [0.15, 0.2) is 29.2 Å². The van der Waals surface area contributed by atoms with E-state index in [1.807, 2.05) is 0 Å². The quantitative estimate of drug-likeness (QED) is 0.896. The van der Waals surface area contributed by atoms with Crippen molar-refractivity contribution < 1.29 is 13.5 Å². The monoisotopic (exact) mass is 269 g/mol. The lowest BCUT2D eigenvalue weighted by atomic mass is 10.1. The smallest absolute Gasteiger partial charge is 0.246 e. The fraction of sp³-hybridized carbons (Fsp3) is 0.538. The summed E-state index contributed by atoms with van der Waals surface area (Å²) in [6.45, 7) is 1.10. The third-order valence-electron chi connectivity index (χ3n) is 3.30. The van der Waals surface area contributed by atoms with E-state index in [2.05, 4.69) is 0 Å². The summed E-state index contributed by atoms with van der Waals surface area (Å²) in [4.78, 5) is 0.0190. The van der Waals surface area contributed by atoms with Gasteiger partial charge in [-0.15, -0.1) is 0 Å². The summed E-state index contributed by atoms with van der Waals surface area (Å²) >= 11 is 0. The lowest BCUT2D eigenvalue weighted by molar-refractivity contribution is 0.361. The molecule has 0 atom stereocenters. The molecule has 1 aromatic carbocycles. The zero-order chi connectivity index (χ0) is 13.0. The van der Waals surface area contributed by atoms with Crippen molar-refractivity contribution in [2.45, 2.75) is 37.0 Å². The van der Waals surface area contributed by atoms with Crippen molar-refractivity contribution >= 4 is 10.0 Å². The van der Waals surface area contributed by atoms with Crippen molar-refractivity contribution in [3.05, 3.63) is 24.3 Å². The number of para-hydroxylation sites is 1. The highest BCUT2D eigenvalue weighted by molar-refractivity contribution is 7.89. The number of phenols is 1. The Morgan fingerprint density at radius 1 is 0.944 bits per heavy atom. The van der Waals surface area contributed by atoms with E-state index in [1.54, 1.807) is 12.1 Å². The number of aromatic hydroxyl groups is 1. The molecule has 1 saturated heterocycles. The van der Waals surface area contributed by atoms with E-state index in [0.717, 1.165) is 25.7 Å². The van der Waals surface area contributed by atoms with Crippen molar-refractivity contribution in [1.29, 1.82) is 0 Å². The molecule has 0 saturated carbocycles. The Kier molecular flexibility index (Phi) is 4.24. The third-order valence-corrected chi connectivity index (χ3v) is 5.24. The van der Waals surface area contributed by atoms with Crippen LogP contribution in [0.3, 0.4) is 0 Å². The van der Waals surface area contributed by atoms with Gasteiger partial charge in [-0.05, 0) is 25.0 Å². The zero-order valence-corrected chi connectivity index (χ0v) is 11.2. The van der Waals surface area contributed by atoms with E-state index < -0.39 is 10.0 Å². The maximum Gasteiger partial charge on any atom is 0.246 e. The van der Waals surface area contributed by atoms with Crippen LogP contribution in [0.25, 0.3) is 0 Å². The minimum absolute atomic E-state index is 0.0190. The summed E-state index contributed by atoms with van der Waals surface area (Å²) < 4.78 is 26.4. The average molecular weight is 269 g/mol. The zero-order valence-electron chi connectivity index (χ0n) is 10.4. The van der Waals surface area contributed by atoms with Gasteiger partial charge in [0.1, 0.15) is 10.6 Å². The molecule has 1 aromatic rings. The minimum atomic E-state index is -3.55. The van der Waals surface area contributed by atoms with Gasteiger partial charge in [-0.2, -0.15) is 4.31 Å². The molecule has 0 radical (unpaired) electrons. The molecule has 1 aliphatic heterocycles. The number of hydrogen-bond acceptors (Lipinski definition) is 3. The molecule has 4 nitrogen and oxygen atoms in total. The first kappa shape index (κ1) is 13.4. The van der Waals surface area contributed by atoms with E-state index in [4.69, 9.17) is 0 Å². The van der Waals surface area contributed by atoms with Gasteiger partial charge in [0, 0.05) is 13.1 Å². The first-order valence-electron chi connectivity index (χ1n) is 6.40. The van der Waals surface area contributed by atoms with Gasteiger partial charge in [-0.3, -0.25) is 0 Å². The van der Waals surface area contributed by atoms with Crippen LogP contribution >= 0.6 is 0 Å². The predicted octanol–water partition coefficient (Wildman–Crippen LogP) is 2.35. The second-order valence-electron chi connectivity index (χ2n) is 4.64. The molecule has 0 unspecified atom stereocenters. The lowest BCUT2D eigenvalue weighted by Crippen LogP contribution is -2.33. The number of sulfonamides is 1. The maximum absolute atomic E-state index is 12.4. The average Bonchev–Trinajstić information content (AvgIpc) is 2.28. The second kappa shape index (κ2) is 5.71. The van der Waals surface area contributed by atoms with Crippen LogP contribution in [0, 0.1) is 0 Å². The van der Waals surface area contributed by atoms with Crippen molar-refractivity contribution in [1.82, 2.24) is 4.31 Å². The van der Waals surface area contributed by atoms with Gasteiger partial charge in [-0.1, -0.05) is 31.4 Å². The summed E-state index contributed by atoms with van der Waals surface area (Å²) in [5.41, 5.74) is 0. The topological polar surface area (TPSA) is 57.6 Å². The molecule has 2 rings (SSSR count). The lowest BCUT2D eigenvalue weighted by Gasteiger charge is -2.24. The normalized spacial score (nSPS) is 19.1. The standard InChI is InChI=1S/C13H19NO3S/c15-12-8-4-5-9-13(12)18(16,17)14-10-6-2-1-3-7-11-14/h4-5,8-9,15H,1-3,6-7,10-11H2. The number of nitrogens with zero attached hydrogens (tertiary/aromatic N) is 1. The predicted molar refractivity (Wildman–Crippen MR) is 70.0 cm³/mol.